The average molecular weight is 247 g/mol. The highest BCUT2D eigenvalue weighted by Gasteiger charge is 2.20. The van der Waals surface area contributed by atoms with E-state index >= 15 is 0 Å². The van der Waals surface area contributed by atoms with E-state index in [4.69, 9.17) is 5.11 Å². The fourth-order valence-electron chi connectivity index (χ4n) is 2.55. The second kappa shape index (κ2) is 6.55. The zero-order chi connectivity index (χ0) is 12.8. The number of aliphatic hydroxyl groups excluding tert-OH is 1. The summed E-state index contributed by atoms with van der Waals surface area (Å²) >= 11 is 0. The van der Waals surface area contributed by atoms with Crippen LogP contribution in [-0.2, 0) is 0 Å². The van der Waals surface area contributed by atoms with Gasteiger partial charge >= 0.3 is 0 Å². The van der Waals surface area contributed by atoms with Crippen LogP contribution in [0.15, 0.2) is 30.3 Å². The molecule has 0 unspecified atom stereocenters. The first-order valence-corrected chi connectivity index (χ1v) is 6.73. The maximum Gasteiger partial charge on any atom is 0.251 e. The molecule has 1 aliphatic carbocycles. The van der Waals surface area contributed by atoms with E-state index < -0.39 is 0 Å². The Kier molecular flexibility index (Phi) is 4.76. The van der Waals surface area contributed by atoms with Crippen molar-refractivity contribution in [2.75, 3.05) is 13.2 Å². The standard InChI is InChI=1S/C15H21NO2/c17-11-13-8-6-12(7-9-13)10-16-15(18)14-4-2-1-3-5-14/h1-5,12-13,17H,6-11H2,(H,16,18). The third kappa shape index (κ3) is 3.57. The summed E-state index contributed by atoms with van der Waals surface area (Å²) in [6.07, 6.45) is 4.39. The van der Waals surface area contributed by atoms with Crippen LogP contribution >= 0.6 is 0 Å². The third-order valence-corrected chi connectivity index (χ3v) is 3.81. The molecule has 1 aromatic rings. The van der Waals surface area contributed by atoms with E-state index in [2.05, 4.69) is 5.32 Å². The number of rotatable bonds is 4. The molecule has 0 aliphatic heterocycles. The van der Waals surface area contributed by atoms with Gasteiger partial charge in [-0.25, -0.2) is 0 Å². The highest BCUT2D eigenvalue weighted by molar-refractivity contribution is 5.94. The number of carbonyl (C=O) groups excluding carboxylic acids is 1. The van der Waals surface area contributed by atoms with Crippen molar-refractivity contribution < 1.29 is 9.90 Å². The van der Waals surface area contributed by atoms with Crippen LogP contribution in [0.5, 0.6) is 0 Å². The molecule has 3 nitrogen and oxygen atoms in total. The molecule has 0 spiro atoms. The van der Waals surface area contributed by atoms with Gasteiger partial charge in [-0.3, -0.25) is 4.79 Å². The van der Waals surface area contributed by atoms with Gasteiger partial charge in [0, 0.05) is 18.7 Å². The minimum Gasteiger partial charge on any atom is -0.396 e. The molecule has 1 aliphatic rings. The van der Waals surface area contributed by atoms with Crippen LogP contribution in [0, 0.1) is 11.8 Å². The Labute approximate surface area is 108 Å². The molecule has 18 heavy (non-hydrogen) atoms. The fraction of sp³-hybridized carbons (Fsp3) is 0.533. The molecule has 0 radical (unpaired) electrons. The zero-order valence-electron chi connectivity index (χ0n) is 10.6. The lowest BCUT2D eigenvalue weighted by atomic mass is 9.82. The van der Waals surface area contributed by atoms with Crippen LogP contribution in [0.1, 0.15) is 36.0 Å². The SMILES string of the molecule is O=C(NCC1CCC(CO)CC1)c1ccccc1. The Bertz CT molecular complexity index is 369. The van der Waals surface area contributed by atoms with Gasteiger partial charge < -0.3 is 10.4 Å². The Morgan fingerprint density at radius 2 is 1.72 bits per heavy atom. The van der Waals surface area contributed by atoms with Gasteiger partial charge in [0.25, 0.3) is 5.91 Å². The van der Waals surface area contributed by atoms with Gasteiger partial charge in [0.1, 0.15) is 0 Å². The summed E-state index contributed by atoms with van der Waals surface area (Å²) in [6.45, 7) is 1.06. The first-order chi connectivity index (χ1) is 8.79. The number of hydrogen-bond acceptors (Lipinski definition) is 2. The lowest BCUT2D eigenvalue weighted by molar-refractivity contribution is 0.0937. The minimum absolute atomic E-state index is 0.0138. The van der Waals surface area contributed by atoms with E-state index in [9.17, 15) is 4.79 Å². The summed E-state index contributed by atoms with van der Waals surface area (Å²) in [6, 6.07) is 9.33. The maximum atomic E-state index is 11.9. The number of nitrogens with one attached hydrogen (secondary N) is 1. The Morgan fingerprint density at radius 1 is 1.11 bits per heavy atom. The second-order valence-electron chi connectivity index (χ2n) is 5.15. The molecule has 0 saturated heterocycles. The van der Waals surface area contributed by atoms with Crippen molar-refractivity contribution in [1.29, 1.82) is 0 Å². The number of carbonyl (C=O) groups is 1. The molecule has 0 bridgehead atoms. The molecule has 3 heteroatoms. The van der Waals surface area contributed by atoms with Gasteiger partial charge in [0.15, 0.2) is 0 Å². The number of amides is 1. The van der Waals surface area contributed by atoms with Gasteiger partial charge in [-0.1, -0.05) is 18.2 Å². The molecule has 0 atom stereocenters. The van der Waals surface area contributed by atoms with Gasteiger partial charge in [0.2, 0.25) is 0 Å². The molecule has 1 aromatic carbocycles. The topological polar surface area (TPSA) is 49.3 Å². The summed E-state index contributed by atoms with van der Waals surface area (Å²) in [5.74, 6) is 1.06. The van der Waals surface area contributed by atoms with Crippen molar-refractivity contribution >= 4 is 5.91 Å². The summed E-state index contributed by atoms with van der Waals surface area (Å²) in [5.41, 5.74) is 0.724. The van der Waals surface area contributed by atoms with Gasteiger partial charge in [-0.05, 0) is 49.7 Å². The molecule has 98 valence electrons. The normalized spacial score (nSPS) is 23.6. The van der Waals surface area contributed by atoms with Gasteiger partial charge in [-0.2, -0.15) is 0 Å². The molecule has 1 amide bonds. The smallest absolute Gasteiger partial charge is 0.251 e. The molecular weight excluding hydrogens is 226 g/mol. The van der Waals surface area contributed by atoms with Crippen LogP contribution in [0.2, 0.25) is 0 Å². The minimum atomic E-state index is 0.0138. The van der Waals surface area contributed by atoms with Gasteiger partial charge in [-0.15, -0.1) is 0 Å². The maximum absolute atomic E-state index is 11.9. The molecule has 2 N–H and O–H groups in total. The lowest BCUT2D eigenvalue weighted by Gasteiger charge is -2.27. The van der Waals surface area contributed by atoms with E-state index in [0.717, 1.165) is 37.8 Å². The average Bonchev–Trinajstić information content (AvgIpc) is 2.46. The molecule has 0 heterocycles. The summed E-state index contributed by atoms with van der Waals surface area (Å²) in [5, 5.41) is 12.1. The van der Waals surface area contributed by atoms with E-state index in [1.165, 1.54) is 0 Å². The van der Waals surface area contributed by atoms with Crippen molar-refractivity contribution in [1.82, 2.24) is 5.32 Å². The van der Waals surface area contributed by atoms with E-state index in [1.54, 1.807) is 0 Å². The number of hydrogen-bond donors (Lipinski definition) is 2. The first-order valence-electron chi connectivity index (χ1n) is 6.73. The summed E-state index contributed by atoms with van der Waals surface area (Å²) < 4.78 is 0. The Hall–Kier alpha value is -1.35. The van der Waals surface area contributed by atoms with Crippen molar-refractivity contribution in [3.05, 3.63) is 35.9 Å². The van der Waals surface area contributed by atoms with Gasteiger partial charge in [0.05, 0.1) is 0 Å². The summed E-state index contributed by atoms with van der Waals surface area (Å²) in [7, 11) is 0. The van der Waals surface area contributed by atoms with Crippen molar-refractivity contribution in [3.8, 4) is 0 Å². The van der Waals surface area contributed by atoms with Crippen LogP contribution < -0.4 is 5.32 Å². The molecule has 1 saturated carbocycles. The lowest BCUT2D eigenvalue weighted by Crippen LogP contribution is -2.31. The quantitative estimate of drug-likeness (QED) is 0.857. The highest BCUT2D eigenvalue weighted by atomic mass is 16.3. The number of aliphatic hydroxyl groups is 1. The highest BCUT2D eigenvalue weighted by Crippen LogP contribution is 2.27. The van der Waals surface area contributed by atoms with E-state index in [0.29, 0.717) is 18.4 Å². The van der Waals surface area contributed by atoms with Crippen molar-refractivity contribution in [3.63, 3.8) is 0 Å². The van der Waals surface area contributed by atoms with Crippen molar-refractivity contribution in [2.45, 2.75) is 25.7 Å². The summed E-state index contributed by atoms with van der Waals surface area (Å²) in [4.78, 5) is 11.9. The monoisotopic (exact) mass is 247 g/mol. The van der Waals surface area contributed by atoms with Crippen LogP contribution in [0.4, 0.5) is 0 Å². The Balaban J connectivity index is 1.74. The van der Waals surface area contributed by atoms with Crippen LogP contribution in [-0.4, -0.2) is 24.2 Å². The fourth-order valence-corrected chi connectivity index (χ4v) is 2.55. The number of benzene rings is 1. The largest absolute Gasteiger partial charge is 0.396 e. The van der Waals surface area contributed by atoms with Crippen molar-refractivity contribution in [2.24, 2.45) is 11.8 Å². The first kappa shape index (κ1) is 13.1. The molecule has 0 aromatic heterocycles. The predicted octanol–water partition coefficient (Wildman–Crippen LogP) is 2.22. The molecule has 2 rings (SSSR count). The molecular formula is C15H21NO2. The van der Waals surface area contributed by atoms with E-state index in [1.807, 2.05) is 30.3 Å². The second-order valence-corrected chi connectivity index (χ2v) is 5.15. The zero-order valence-corrected chi connectivity index (χ0v) is 10.6. The predicted molar refractivity (Wildman–Crippen MR) is 71.3 cm³/mol. The van der Waals surface area contributed by atoms with E-state index in [-0.39, 0.29) is 5.91 Å². The van der Waals surface area contributed by atoms with Crippen LogP contribution in [0.3, 0.4) is 0 Å². The van der Waals surface area contributed by atoms with Crippen LogP contribution in [0.25, 0.3) is 0 Å². The third-order valence-electron chi connectivity index (χ3n) is 3.81. The Morgan fingerprint density at radius 3 is 2.33 bits per heavy atom. The molecule has 1 fully saturated rings.